The first kappa shape index (κ1) is 11.0. The predicted octanol–water partition coefficient (Wildman–Crippen LogP) is 1.49. The topological polar surface area (TPSA) is 91.6 Å². The second-order valence-electron chi connectivity index (χ2n) is 3.57. The van der Waals surface area contributed by atoms with Gasteiger partial charge in [-0.3, -0.25) is 9.47 Å². The molecule has 6 heteroatoms. The van der Waals surface area contributed by atoms with Crippen LogP contribution in [-0.4, -0.2) is 27.0 Å². The predicted molar refractivity (Wildman–Crippen MR) is 60.7 cm³/mol. The van der Waals surface area contributed by atoms with E-state index in [1.54, 1.807) is 30.5 Å². The van der Waals surface area contributed by atoms with E-state index in [2.05, 4.69) is 5.43 Å². The van der Waals surface area contributed by atoms with Crippen LogP contribution >= 0.6 is 0 Å². The van der Waals surface area contributed by atoms with Crippen LogP contribution in [0, 0.1) is 0 Å². The third-order valence-electron chi connectivity index (χ3n) is 2.33. The maximum atomic E-state index is 10.6. The van der Waals surface area contributed by atoms with E-state index in [-0.39, 0.29) is 6.42 Å². The molecule has 0 spiro atoms. The number of carboxylic acid groups (broad SMARTS) is 2. The standard InChI is InChI=1S/C11H10N2O4/c14-10(15)6-7-1-2-9-8(5-7)3-4-13(9)12-11(16)17/h1-5,12H,6H2,(H,14,15)(H,16,17). The maximum Gasteiger partial charge on any atom is 0.423 e. The highest BCUT2D eigenvalue weighted by atomic mass is 16.4. The second kappa shape index (κ2) is 4.17. The molecule has 0 bridgehead atoms. The Balaban J connectivity index is 2.37. The largest absolute Gasteiger partial charge is 0.481 e. The van der Waals surface area contributed by atoms with Crippen LogP contribution in [0.15, 0.2) is 30.5 Å². The Kier molecular flexibility index (Phi) is 2.70. The number of carboxylic acids is 1. The van der Waals surface area contributed by atoms with E-state index in [1.165, 1.54) is 4.68 Å². The van der Waals surface area contributed by atoms with Crippen molar-refractivity contribution in [3.05, 3.63) is 36.0 Å². The summed E-state index contributed by atoms with van der Waals surface area (Å²) in [4.78, 5) is 21.1. The molecule has 0 saturated heterocycles. The Morgan fingerprint density at radius 3 is 2.65 bits per heavy atom. The van der Waals surface area contributed by atoms with E-state index in [4.69, 9.17) is 10.2 Å². The van der Waals surface area contributed by atoms with Crippen molar-refractivity contribution in [3.8, 4) is 0 Å². The van der Waals surface area contributed by atoms with Gasteiger partial charge in [0, 0.05) is 11.6 Å². The van der Waals surface area contributed by atoms with E-state index in [1.807, 2.05) is 0 Å². The van der Waals surface area contributed by atoms with Crippen LogP contribution in [0.4, 0.5) is 4.79 Å². The van der Waals surface area contributed by atoms with Crippen LogP contribution in [-0.2, 0) is 11.2 Å². The summed E-state index contributed by atoms with van der Waals surface area (Å²) < 4.78 is 1.36. The van der Waals surface area contributed by atoms with Crippen molar-refractivity contribution in [2.75, 3.05) is 5.43 Å². The first-order valence-electron chi connectivity index (χ1n) is 4.88. The molecule has 1 aromatic carbocycles. The number of aromatic nitrogens is 1. The summed E-state index contributed by atoms with van der Waals surface area (Å²) >= 11 is 0. The average Bonchev–Trinajstić information content (AvgIpc) is 2.59. The minimum atomic E-state index is -1.16. The number of nitrogens with one attached hydrogen (secondary N) is 1. The van der Waals surface area contributed by atoms with Crippen molar-refractivity contribution in [1.82, 2.24) is 4.68 Å². The van der Waals surface area contributed by atoms with Crippen LogP contribution in [0.2, 0.25) is 0 Å². The highest BCUT2D eigenvalue weighted by molar-refractivity contribution is 5.85. The Bertz CT molecular complexity index is 588. The quantitative estimate of drug-likeness (QED) is 0.750. The van der Waals surface area contributed by atoms with Crippen molar-refractivity contribution >= 4 is 23.0 Å². The van der Waals surface area contributed by atoms with Gasteiger partial charge in [0.1, 0.15) is 0 Å². The van der Waals surface area contributed by atoms with E-state index >= 15 is 0 Å². The first-order valence-corrected chi connectivity index (χ1v) is 4.88. The van der Waals surface area contributed by atoms with E-state index in [0.717, 1.165) is 5.39 Å². The molecule has 0 aliphatic carbocycles. The van der Waals surface area contributed by atoms with Gasteiger partial charge in [0.15, 0.2) is 0 Å². The summed E-state index contributed by atoms with van der Waals surface area (Å²) in [5.41, 5.74) is 3.57. The Morgan fingerprint density at radius 2 is 2.00 bits per heavy atom. The van der Waals surface area contributed by atoms with E-state index in [9.17, 15) is 9.59 Å². The van der Waals surface area contributed by atoms with Crippen molar-refractivity contribution in [3.63, 3.8) is 0 Å². The van der Waals surface area contributed by atoms with Crippen molar-refractivity contribution < 1.29 is 19.8 Å². The first-order chi connectivity index (χ1) is 8.06. The Labute approximate surface area is 96.1 Å². The number of hydrogen-bond acceptors (Lipinski definition) is 2. The molecule has 0 saturated carbocycles. The zero-order valence-electron chi connectivity index (χ0n) is 8.75. The van der Waals surface area contributed by atoms with Gasteiger partial charge in [0.25, 0.3) is 0 Å². The molecule has 1 amide bonds. The maximum absolute atomic E-state index is 10.6. The zero-order valence-corrected chi connectivity index (χ0v) is 8.75. The van der Waals surface area contributed by atoms with Gasteiger partial charge in [0.2, 0.25) is 0 Å². The van der Waals surface area contributed by atoms with Crippen LogP contribution in [0.3, 0.4) is 0 Å². The monoisotopic (exact) mass is 234 g/mol. The lowest BCUT2D eigenvalue weighted by atomic mass is 10.1. The van der Waals surface area contributed by atoms with Gasteiger partial charge in [-0.25, -0.2) is 10.2 Å². The lowest BCUT2D eigenvalue weighted by Gasteiger charge is -2.04. The molecule has 0 aliphatic rings. The lowest BCUT2D eigenvalue weighted by molar-refractivity contribution is -0.136. The van der Waals surface area contributed by atoms with Crippen LogP contribution < -0.4 is 5.43 Å². The van der Waals surface area contributed by atoms with E-state index < -0.39 is 12.1 Å². The summed E-state index contributed by atoms with van der Waals surface area (Å²) in [6.45, 7) is 0. The molecule has 6 nitrogen and oxygen atoms in total. The van der Waals surface area contributed by atoms with Gasteiger partial charge in [-0.1, -0.05) is 6.07 Å². The number of fused-ring (bicyclic) bond motifs is 1. The highest BCUT2D eigenvalue weighted by Gasteiger charge is 2.06. The molecule has 0 fully saturated rings. The smallest absolute Gasteiger partial charge is 0.423 e. The number of benzene rings is 1. The second-order valence-corrected chi connectivity index (χ2v) is 3.57. The average molecular weight is 234 g/mol. The van der Waals surface area contributed by atoms with Gasteiger partial charge in [0.05, 0.1) is 11.9 Å². The SMILES string of the molecule is O=C(O)Cc1ccc2c(ccn2NC(=O)O)c1. The summed E-state index contributed by atoms with van der Waals surface area (Å²) in [6, 6.07) is 6.79. The molecule has 1 aromatic heterocycles. The number of carbonyl (C=O) groups is 2. The lowest BCUT2D eigenvalue weighted by Crippen LogP contribution is -2.19. The number of rotatable bonds is 3. The van der Waals surface area contributed by atoms with Gasteiger partial charge in [-0.2, -0.15) is 0 Å². The Morgan fingerprint density at radius 1 is 1.24 bits per heavy atom. The fourth-order valence-electron chi connectivity index (χ4n) is 1.68. The molecule has 2 rings (SSSR count). The molecule has 88 valence electrons. The molecular weight excluding hydrogens is 224 g/mol. The number of hydrogen-bond donors (Lipinski definition) is 3. The summed E-state index contributed by atoms with van der Waals surface area (Å²) in [7, 11) is 0. The Hall–Kier alpha value is -2.50. The van der Waals surface area contributed by atoms with Gasteiger partial charge in [-0.15, -0.1) is 0 Å². The van der Waals surface area contributed by atoms with Gasteiger partial charge in [-0.05, 0) is 23.8 Å². The summed E-state index contributed by atoms with van der Waals surface area (Å²) in [6.07, 6.45) is 0.369. The number of amides is 1. The van der Waals surface area contributed by atoms with Crippen LogP contribution in [0.5, 0.6) is 0 Å². The van der Waals surface area contributed by atoms with Crippen LogP contribution in [0.1, 0.15) is 5.56 Å². The molecule has 2 aromatic rings. The molecule has 0 unspecified atom stereocenters. The third kappa shape index (κ3) is 2.36. The van der Waals surface area contributed by atoms with Crippen LogP contribution in [0.25, 0.3) is 10.9 Å². The number of aliphatic carboxylic acids is 1. The van der Waals surface area contributed by atoms with Crippen molar-refractivity contribution in [2.45, 2.75) is 6.42 Å². The molecule has 0 atom stereocenters. The third-order valence-corrected chi connectivity index (χ3v) is 2.33. The summed E-state index contributed by atoms with van der Waals surface area (Å²) in [5, 5.41) is 18.1. The van der Waals surface area contributed by atoms with Crippen molar-refractivity contribution in [1.29, 1.82) is 0 Å². The van der Waals surface area contributed by atoms with Crippen molar-refractivity contribution in [2.24, 2.45) is 0 Å². The normalized spacial score (nSPS) is 10.4. The molecule has 1 heterocycles. The molecular formula is C11H10N2O4. The molecule has 17 heavy (non-hydrogen) atoms. The molecule has 3 N–H and O–H groups in total. The minimum Gasteiger partial charge on any atom is -0.481 e. The molecule has 0 aliphatic heterocycles. The highest BCUT2D eigenvalue weighted by Crippen LogP contribution is 2.17. The summed E-state index contributed by atoms with van der Waals surface area (Å²) in [5.74, 6) is -0.896. The van der Waals surface area contributed by atoms with Gasteiger partial charge < -0.3 is 10.2 Å². The number of nitrogens with zero attached hydrogens (tertiary/aromatic N) is 1. The van der Waals surface area contributed by atoms with Gasteiger partial charge >= 0.3 is 12.1 Å². The fourth-order valence-corrected chi connectivity index (χ4v) is 1.68. The minimum absolute atomic E-state index is 0.0481. The zero-order chi connectivity index (χ0) is 12.4. The molecule has 0 radical (unpaired) electrons. The van der Waals surface area contributed by atoms with E-state index in [0.29, 0.717) is 11.1 Å². The fraction of sp³-hybridized carbons (Fsp3) is 0.0909.